The van der Waals surface area contributed by atoms with Crippen LogP contribution in [-0.4, -0.2) is 85.0 Å². The average molecular weight is 337 g/mol. The molecule has 3 heterocycles. The Kier molecular flexibility index (Phi) is 5.83. The second-order valence-corrected chi connectivity index (χ2v) is 8.49. The van der Waals surface area contributed by atoms with Gasteiger partial charge in [0, 0.05) is 57.9 Å². The molecule has 3 rings (SSSR count). The summed E-state index contributed by atoms with van der Waals surface area (Å²) in [6, 6.07) is 1.48. The Balaban J connectivity index is 1.43. The summed E-state index contributed by atoms with van der Waals surface area (Å²) < 4.78 is 0. The van der Waals surface area contributed by atoms with Gasteiger partial charge in [-0.15, -0.1) is 0 Å². The number of amides is 1. The second kappa shape index (κ2) is 7.71. The summed E-state index contributed by atoms with van der Waals surface area (Å²) >= 11 is 0. The summed E-state index contributed by atoms with van der Waals surface area (Å²) in [7, 11) is 0. The van der Waals surface area contributed by atoms with Crippen molar-refractivity contribution >= 4 is 5.91 Å². The Morgan fingerprint density at radius 2 is 1.75 bits per heavy atom. The lowest BCUT2D eigenvalue weighted by atomic mass is 9.81. The SMILES string of the molecule is C[C@@H]1CC[C@@H](C)N1CCN1CCN(C(=O)[C@]2(C)CCCNC2)CC1. The van der Waals surface area contributed by atoms with E-state index in [2.05, 4.69) is 40.8 Å². The zero-order valence-electron chi connectivity index (χ0n) is 15.9. The molecule has 0 aliphatic carbocycles. The van der Waals surface area contributed by atoms with E-state index in [9.17, 15) is 4.79 Å². The van der Waals surface area contributed by atoms with Crippen molar-refractivity contribution in [1.82, 2.24) is 20.0 Å². The van der Waals surface area contributed by atoms with Gasteiger partial charge < -0.3 is 10.2 Å². The number of piperidine rings is 1. The number of nitrogens with zero attached hydrogens (tertiary/aromatic N) is 3. The van der Waals surface area contributed by atoms with Crippen molar-refractivity contribution in [2.75, 3.05) is 52.4 Å². The molecule has 3 atom stereocenters. The van der Waals surface area contributed by atoms with Crippen molar-refractivity contribution in [2.24, 2.45) is 5.41 Å². The van der Waals surface area contributed by atoms with Crippen molar-refractivity contribution < 1.29 is 4.79 Å². The van der Waals surface area contributed by atoms with Gasteiger partial charge in [0.25, 0.3) is 0 Å². The van der Waals surface area contributed by atoms with Crippen LogP contribution in [0.1, 0.15) is 46.5 Å². The minimum absolute atomic E-state index is 0.180. The quantitative estimate of drug-likeness (QED) is 0.842. The molecular weight excluding hydrogens is 300 g/mol. The average Bonchev–Trinajstić information content (AvgIpc) is 2.92. The number of hydrogen-bond acceptors (Lipinski definition) is 4. The minimum atomic E-state index is -0.180. The van der Waals surface area contributed by atoms with Crippen molar-refractivity contribution in [3.05, 3.63) is 0 Å². The van der Waals surface area contributed by atoms with Gasteiger partial charge >= 0.3 is 0 Å². The van der Waals surface area contributed by atoms with Crippen LogP contribution in [0.4, 0.5) is 0 Å². The molecule has 3 fully saturated rings. The molecule has 138 valence electrons. The van der Waals surface area contributed by atoms with E-state index in [1.807, 2.05) is 0 Å². The number of rotatable bonds is 4. The molecule has 3 aliphatic rings. The molecular formula is C19H36N4O. The Labute approximate surface area is 147 Å². The van der Waals surface area contributed by atoms with E-state index >= 15 is 0 Å². The smallest absolute Gasteiger partial charge is 0.229 e. The molecule has 3 aliphatic heterocycles. The molecule has 0 unspecified atom stereocenters. The highest BCUT2D eigenvalue weighted by Crippen LogP contribution is 2.28. The molecule has 0 bridgehead atoms. The molecule has 5 nitrogen and oxygen atoms in total. The molecule has 0 aromatic carbocycles. The lowest BCUT2D eigenvalue weighted by molar-refractivity contribution is -0.144. The number of carbonyl (C=O) groups is 1. The summed E-state index contributed by atoms with van der Waals surface area (Å²) in [5, 5.41) is 3.40. The minimum Gasteiger partial charge on any atom is -0.340 e. The van der Waals surface area contributed by atoms with Crippen LogP contribution in [0, 0.1) is 5.41 Å². The van der Waals surface area contributed by atoms with Crippen LogP contribution in [0.2, 0.25) is 0 Å². The van der Waals surface area contributed by atoms with Gasteiger partial charge in [-0.2, -0.15) is 0 Å². The fourth-order valence-corrected chi connectivity index (χ4v) is 4.74. The molecule has 0 aromatic rings. The summed E-state index contributed by atoms with van der Waals surface area (Å²) in [6.07, 6.45) is 4.84. The van der Waals surface area contributed by atoms with Gasteiger partial charge in [-0.05, 0) is 53.0 Å². The van der Waals surface area contributed by atoms with Gasteiger partial charge in [0.05, 0.1) is 5.41 Å². The molecule has 3 saturated heterocycles. The molecule has 0 saturated carbocycles. The molecule has 0 spiro atoms. The fourth-order valence-electron chi connectivity index (χ4n) is 4.74. The van der Waals surface area contributed by atoms with Crippen molar-refractivity contribution in [2.45, 2.75) is 58.5 Å². The number of hydrogen-bond donors (Lipinski definition) is 1. The highest BCUT2D eigenvalue weighted by atomic mass is 16.2. The zero-order valence-corrected chi connectivity index (χ0v) is 15.9. The van der Waals surface area contributed by atoms with E-state index in [1.165, 1.54) is 19.4 Å². The Hall–Kier alpha value is -0.650. The predicted octanol–water partition coefficient (Wildman–Crippen LogP) is 1.39. The van der Waals surface area contributed by atoms with Gasteiger partial charge in [-0.1, -0.05) is 0 Å². The molecule has 24 heavy (non-hydrogen) atoms. The maximum absolute atomic E-state index is 12.9. The van der Waals surface area contributed by atoms with Gasteiger partial charge in [0.15, 0.2) is 0 Å². The van der Waals surface area contributed by atoms with E-state index in [4.69, 9.17) is 0 Å². The van der Waals surface area contributed by atoms with Crippen LogP contribution < -0.4 is 5.32 Å². The third-order valence-corrected chi connectivity index (χ3v) is 6.58. The summed E-state index contributed by atoms with van der Waals surface area (Å²) in [5.41, 5.74) is -0.180. The summed E-state index contributed by atoms with van der Waals surface area (Å²) in [6.45, 7) is 15.0. The molecule has 1 N–H and O–H groups in total. The summed E-state index contributed by atoms with van der Waals surface area (Å²) in [4.78, 5) is 20.2. The van der Waals surface area contributed by atoms with Crippen molar-refractivity contribution in [3.8, 4) is 0 Å². The first-order chi connectivity index (χ1) is 11.5. The number of piperazine rings is 1. The van der Waals surface area contributed by atoms with Gasteiger partial charge in [-0.25, -0.2) is 0 Å². The predicted molar refractivity (Wildman–Crippen MR) is 98.1 cm³/mol. The maximum Gasteiger partial charge on any atom is 0.229 e. The Bertz CT molecular complexity index is 417. The van der Waals surface area contributed by atoms with Crippen molar-refractivity contribution in [1.29, 1.82) is 0 Å². The molecule has 1 amide bonds. The topological polar surface area (TPSA) is 38.8 Å². The highest BCUT2D eigenvalue weighted by Gasteiger charge is 2.38. The van der Waals surface area contributed by atoms with Crippen LogP contribution in [0.15, 0.2) is 0 Å². The largest absolute Gasteiger partial charge is 0.340 e. The zero-order chi connectivity index (χ0) is 17.2. The Morgan fingerprint density at radius 3 is 2.33 bits per heavy atom. The van der Waals surface area contributed by atoms with Crippen molar-refractivity contribution in [3.63, 3.8) is 0 Å². The normalized spacial score (nSPS) is 36.2. The monoisotopic (exact) mass is 336 g/mol. The van der Waals surface area contributed by atoms with Gasteiger partial charge in [0.2, 0.25) is 5.91 Å². The highest BCUT2D eigenvalue weighted by molar-refractivity contribution is 5.82. The fraction of sp³-hybridized carbons (Fsp3) is 0.947. The second-order valence-electron chi connectivity index (χ2n) is 8.49. The van der Waals surface area contributed by atoms with Crippen LogP contribution in [0.5, 0.6) is 0 Å². The third kappa shape index (κ3) is 3.94. The lowest BCUT2D eigenvalue weighted by Crippen LogP contribution is -2.56. The summed E-state index contributed by atoms with van der Waals surface area (Å²) in [5.74, 6) is 0.371. The lowest BCUT2D eigenvalue weighted by Gasteiger charge is -2.41. The van der Waals surface area contributed by atoms with Crippen LogP contribution in [0.3, 0.4) is 0 Å². The maximum atomic E-state index is 12.9. The van der Waals surface area contributed by atoms with E-state index in [-0.39, 0.29) is 5.41 Å². The third-order valence-electron chi connectivity index (χ3n) is 6.58. The van der Waals surface area contributed by atoms with Crippen LogP contribution in [0.25, 0.3) is 0 Å². The standard InChI is InChI=1S/C19H36N4O/c1-16-5-6-17(2)23(16)14-11-21-9-12-22(13-10-21)18(24)19(3)7-4-8-20-15-19/h16-17,20H,4-15H2,1-3H3/t16-,17-,19-/m1/s1. The first-order valence-electron chi connectivity index (χ1n) is 9.98. The molecule has 5 heteroatoms. The van der Waals surface area contributed by atoms with Crippen LogP contribution >= 0.6 is 0 Å². The molecule has 0 radical (unpaired) electrons. The van der Waals surface area contributed by atoms with E-state index < -0.39 is 0 Å². The number of likely N-dealkylation sites (tertiary alicyclic amines) is 1. The van der Waals surface area contributed by atoms with E-state index in [1.54, 1.807) is 0 Å². The number of carbonyl (C=O) groups excluding carboxylic acids is 1. The molecule has 0 aromatic heterocycles. The number of nitrogens with one attached hydrogen (secondary N) is 1. The van der Waals surface area contributed by atoms with Gasteiger partial charge in [0.1, 0.15) is 0 Å². The van der Waals surface area contributed by atoms with E-state index in [0.717, 1.165) is 70.7 Å². The van der Waals surface area contributed by atoms with E-state index in [0.29, 0.717) is 5.91 Å². The Morgan fingerprint density at radius 1 is 1.08 bits per heavy atom. The first kappa shape index (κ1) is 18.2. The first-order valence-corrected chi connectivity index (χ1v) is 9.98. The van der Waals surface area contributed by atoms with Crippen LogP contribution in [-0.2, 0) is 4.79 Å². The van der Waals surface area contributed by atoms with Gasteiger partial charge in [-0.3, -0.25) is 14.6 Å².